The second kappa shape index (κ2) is 3.87. The lowest BCUT2D eigenvalue weighted by Crippen LogP contribution is -2.19. The minimum Gasteiger partial charge on any atom is -0.467 e. The van der Waals surface area contributed by atoms with Crippen LogP contribution in [0.25, 0.3) is 0 Å². The summed E-state index contributed by atoms with van der Waals surface area (Å²) in [4.78, 5) is 7.90. The fourth-order valence-electron chi connectivity index (χ4n) is 1.09. The van der Waals surface area contributed by atoms with Crippen LogP contribution in [0.1, 0.15) is 5.76 Å². The van der Waals surface area contributed by atoms with Crippen molar-refractivity contribution in [3.63, 3.8) is 0 Å². The number of furan rings is 1. The first-order valence-electron chi connectivity index (χ1n) is 4.32. The molecule has 0 spiro atoms. The maximum Gasteiger partial charge on any atom is 0.182 e. The van der Waals surface area contributed by atoms with E-state index in [1.165, 1.54) is 12.4 Å². The second-order valence-corrected chi connectivity index (χ2v) is 2.91. The van der Waals surface area contributed by atoms with Crippen LogP contribution in [0.2, 0.25) is 0 Å². The molecule has 0 unspecified atom stereocenters. The van der Waals surface area contributed by atoms with Crippen LogP contribution < -0.4 is 11.2 Å². The molecule has 15 heavy (non-hydrogen) atoms. The first-order chi connectivity index (χ1) is 7.25. The van der Waals surface area contributed by atoms with Gasteiger partial charge in [0.2, 0.25) is 0 Å². The van der Waals surface area contributed by atoms with E-state index < -0.39 is 0 Å². The molecule has 2 aromatic heterocycles. The van der Waals surface area contributed by atoms with Crippen molar-refractivity contribution in [2.24, 2.45) is 4.99 Å². The normalized spacial score (nSPS) is 11.9. The van der Waals surface area contributed by atoms with E-state index in [1.807, 2.05) is 0 Å². The Balaban J connectivity index is 2.26. The summed E-state index contributed by atoms with van der Waals surface area (Å²) in [5, 5.41) is 9.39. The van der Waals surface area contributed by atoms with Gasteiger partial charge in [-0.15, -0.1) is 0 Å². The predicted molar refractivity (Wildman–Crippen MR) is 51.8 cm³/mol. The number of rotatable bonds is 2. The molecule has 0 radical (unpaired) electrons. The lowest BCUT2D eigenvalue weighted by atomic mass is 10.4. The summed E-state index contributed by atoms with van der Waals surface area (Å²) in [5.74, 6) is 0.946. The molecule has 78 valence electrons. The third kappa shape index (κ3) is 2.16. The maximum absolute atomic E-state index is 9.39. The molecule has 0 atom stereocenters. The van der Waals surface area contributed by atoms with Gasteiger partial charge in [-0.25, -0.2) is 4.98 Å². The van der Waals surface area contributed by atoms with E-state index >= 15 is 0 Å². The van der Waals surface area contributed by atoms with Crippen molar-refractivity contribution in [3.05, 3.63) is 42.0 Å². The average Bonchev–Trinajstić information content (AvgIpc) is 2.69. The summed E-state index contributed by atoms with van der Waals surface area (Å²) in [5.41, 5.74) is 5.69. The molecule has 6 heteroatoms. The van der Waals surface area contributed by atoms with Gasteiger partial charge in [-0.1, -0.05) is 0 Å². The molecular weight excluding hydrogens is 196 g/mol. The Morgan fingerprint density at radius 2 is 2.47 bits per heavy atom. The van der Waals surface area contributed by atoms with E-state index in [0.717, 1.165) is 4.73 Å². The van der Waals surface area contributed by atoms with Gasteiger partial charge in [0.15, 0.2) is 5.49 Å². The van der Waals surface area contributed by atoms with Gasteiger partial charge in [0.25, 0.3) is 0 Å². The Labute approximate surface area is 85.3 Å². The molecule has 2 aromatic rings. The van der Waals surface area contributed by atoms with Gasteiger partial charge in [-0.3, -0.25) is 4.99 Å². The third-order valence-corrected chi connectivity index (χ3v) is 1.80. The number of nitrogens with two attached hydrogens (primary N) is 1. The van der Waals surface area contributed by atoms with Gasteiger partial charge in [0.05, 0.1) is 25.2 Å². The topological polar surface area (TPSA) is 89.6 Å². The molecule has 0 aliphatic rings. The lowest BCUT2D eigenvalue weighted by molar-refractivity contribution is 0.171. The van der Waals surface area contributed by atoms with Crippen LogP contribution in [0.4, 0.5) is 5.82 Å². The largest absolute Gasteiger partial charge is 0.467 e. The maximum atomic E-state index is 9.39. The second-order valence-electron chi connectivity index (χ2n) is 2.91. The number of hydrogen-bond acceptors (Lipinski definition) is 5. The van der Waals surface area contributed by atoms with Crippen LogP contribution in [0.3, 0.4) is 0 Å². The number of nitrogens with zero attached hydrogens (tertiary/aromatic N) is 3. The molecular formula is C9H10N4O2. The fraction of sp³-hybridized carbons (Fsp3) is 0.111. The summed E-state index contributed by atoms with van der Waals surface area (Å²) in [6.45, 7) is 0.346. The zero-order chi connectivity index (χ0) is 10.7. The van der Waals surface area contributed by atoms with Gasteiger partial charge in [-0.05, 0) is 12.1 Å². The molecule has 0 aromatic carbocycles. The van der Waals surface area contributed by atoms with E-state index in [0.29, 0.717) is 17.8 Å². The molecule has 6 nitrogen and oxygen atoms in total. The summed E-state index contributed by atoms with van der Waals surface area (Å²) in [6.07, 6.45) is 4.23. The SMILES string of the molecule is Nc1cn(O)c(=NCc2ccco2)cn1. The standard InChI is InChI=1S/C9H10N4O2/c10-8-6-13(14)9(5-11-8)12-4-7-2-1-3-15-7/h1-3,5-6,14H,4,10H2. The van der Waals surface area contributed by atoms with E-state index in [-0.39, 0.29) is 5.82 Å². The molecule has 0 fully saturated rings. The molecule has 0 aliphatic carbocycles. The van der Waals surface area contributed by atoms with Gasteiger partial charge >= 0.3 is 0 Å². The quantitative estimate of drug-likeness (QED) is 0.696. The zero-order valence-corrected chi connectivity index (χ0v) is 7.87. The van der Waals surface area contributed by atoms with Crippen LogP contribution in [0, 0.1) is 0 Å². The van der Waals surface area contributed by atoms with Crippen molar-refractivity contribution in [2.75, 3.05) is 5.73 Å². The van der Waals surface area contributed by atoms with Crippen molar-refractivity contribution < 1.29 is 9.62 Å². The number of aromatic nitrogens is 2. The van der Waals surface area contributed by atoms with Crippen LogP contribution in [-0.2, 0) is 6.54 Å². The summed E-state index contributed by atoms with van der Waals surface area (Å²) in [7, 11) is 0. The number of nitrogen functional groups attached to an aromatic ring is 1. The molecule has 2 rings (SSSR count). The molecule has 0 saturated carbocycles. The van der Waals surface area contributed by atoms with E-state index in [4.69, 9.17) is 10.2 Å². The molecule has 3 N–H and O–H groups in total. The predicted octanol–water partition coefficient (Wildman–Crippen LogP) is 0.396. The fourth-order valence-corrected chi connectivity index (χ4v) is 1.09. The Morgan fingerprint density at radius 1 is 1.60 bits per heavy atom. The molecule has 0 amide bonds. The molecule has 0 saturated heterocycles. The first-order valence-corrected chi connectivity index (χ1v) is 4.32. The summed E-state index contributed by atoms with van der Waals surface area (Å²) in [6, 6.07) is 3.58. The minimum absolute atomic E-state index is 0.231. The van der Waals surface area contributed by atoms with Crippen LogP contribution in [-0.4, -0.2) is 14.9 Å². The van der Waals surface area contributed by atoms with Gasteiger partial charge < -0.3 is 15.4 Å². The van der Waals surface area contributed by atoms with Crippen molar-refractivity contribution in [1.82, 2.24) is 9.71 Å². The van der Waals surface area contributed by atoms with Crippen molar-refractivity contribution >= 4 is 5.82 Å². The number of anilines is 1. The van der Waals surface area contributed by atoms with Crippen LogP contribution in [0.5, 0.6) is 0 Å². The highest BCUT2D eigenvalue weighted by Gasteiger charge is 1.95. The summed E-state index contributed by atoms with van der Waals surface area (Å²) < 4.78 is 5.91. The smallest absolute Gasteiger partial charge is 0.182 e. The molecule has 0 bridgehead atoms. The Bertz CT molecular complexity index is 501. The monoisotopic (exact) mass is 206 g/mol. The van der Waals surface area contributed by atoms with Crippen molar-refractivity contribution in [2.45, 2.75) is 6.54 Å². The molecule has 2 heterocycles. The van der Waals surface area contributed by atoms with Crippen LogP contribution >= 0.6 is 0 Å². The highest BCUT2D eigenvalue weighted by atomic mass is 16.5. The summed E-state index contributed by atoms with van der Waals surface area (Å²) >= 11 is 0. The van der Waals surface area contributed by atoms with Gasteiger partial charge in [-0.2, -0.15) is 4.73 Å². The van der Waals surface area contributed by atoms with Crippen molar-refractivity contribution in [3.8, 4) is 0 Å². The Kier molecular flexibility index (Phi) is 2.40. The first kappa shape index (κ1) is 9.32. The van der Waals surface area contributed by atoms with Crippen LogP contribution in [0.15, 0.2) is 40.2 Å². The van der Waals surface area contributed by atoms with E-state index in [1.54, 1.807) is 18.4 Å². The highest BCUT2D eigenvalue weighted by Crippen LogP contribution is 2.00. The lowest BCUT2D eigenvalue weighted by Gasteiger charge is -1.98. The van der Waals surface area contributed by atoms with E-state index in [2.05, 4.69) is 9.98 Å². The Hall–Kier alpha value is -2.24. The van der Waals surface area contributed by atoms with Gasteiger partial charge in [0, 0.05) is 0 Å². The molecule has 0 aliphatic heterocycles. The zero-order valence-electron chi connectivity index (χ0n) is 7.87. The number of hydrogen-bond donors (Lipinski definition) is 2. The minimum atomic E-state index is 0.231. The van der Waals surface area contributed by atoms with Gasteiger partial charge in [0.1, 0.15) is 11.6 Å². The van der Waals surface area contributed by atoms with Crippen molar-refractivity contribution in [1.29, 1.82) is 0 Å². The highest BCUT2D eigenvalue weighted by molar-refractivity contribution is 5.20. The Morgan fingerprint density at radius 3 is 3.13 bits per heavy atom. The average molecular weight is 206 g/mol. The third-order valence-electron chi connectivity index (χ3n) is 1.80. The van der Waals surface area contributed by atoms with E-state index in [9.17, 15) is 5.21 Å².